The monoisotopic (exact) mass is 325 g/mol. The van der Waals surface area contributed by atoms with E-state index >= 15 is 0 Å². The molecular formula is C17H31N3OS. The largest absolute Gasteiger partial charge is 0.358 e. The maximum Gasteiger partial charge on any atom is 0.238 e. The third-order valence-corrected chi connectivity index (χ3v) is 5.81. The van der Waals surface area contributed by atoms with Crippen molar-refractivity contribution < 1.29 is 4.79 Å². The van der Waals surface area contributed by atoms with Crippen molar-refractivity contribution in [2.45, 2.75) is 77.7 Å². The molecule has 2 saturated carbocycles. The van der Waals surface area contributed by atoms with Crippen molar-refractivity contribution in [2.24, 2.45) is 17.8 Å². The molecule has 0 saturated heterocycles. The Bertz CT molecular complexity index is 382. The summed E-state index contributed by atoms with van der Waals surface area (Å²) in [4.78, 5) is 11.9. The highest BCUT2D eigenvalue weighted by atomic mass is 32.1. The van der Waals surface area contributed by atoms with Gasteiger partial charge in [0, 0.05) is 12.5 Å². The third kappa shape index (κ3) is 5.41. The van der Waals surface area contributed by atoms with E-state index in [0.717, 1.165) is 24.7 Å². The zero-order valence-electron chi connectivity index (χ0n) is 14.0. The first-order valence-corrected chi connectivity index (χ1v) is 9.32. The molecule has 2 aliphatic rings. The average Bonchev–Trinajstić information content (AvgIpc) is 3.01. The third-order valence-electron chi connectivity index (χ3n) is 5.59. The van der Waals surface area contributed by atoms with E-state index in [1.807, 2.05) is 0 Å². The van der Waals surface area contributed by atoms with Crippen molar-refractivity contribution >= 4 is 23.2 Å². The molecule has 0 aromatic rings. The van der Waals surface area contributed by atoms with Gasteiger partial charge in [-0.3, -0.25) is 15.6 Å². The second-order valence-electron chi connectivity index (χ2n) is 7.21. The van der Waals surface area contributed by atoms with Gasteiger partial charge in [0.2, 0.25) is 5.91 Å². The number of carbonyl (C=O) groups is 1. The van der Waals surface area contributed by atoms with Gasteiger partial charge in [0.25, 0.3) is 0 Å². The fraction of sp³-hybridized carbons (Fsp3) is 0.882. The molecular weight excluding hydrogens is 294 g/mol. The van der Waals surface area contributed by atoms with Crippen molar-refractivity contribution in [1.29, 1.82) is 0 Å². The minimum Gasteiger partial charge on any atom is -0.358 e. The number of rotatable bonds is 4. The SMILES string of the molecule is C[C@@H]1[C@H](C)CCC[C@H]1NC(=S)NNC(=O)CCC1CCCC1. The summed E-state index contributed by atoms with van der Waals surface area (Å²) in [6.07, 6.45) is 10.5. The van der Waals surface area contributed by atoms with Crippen molar-refractivity contribution in [3.8, 4) is 0 Å². The highest BCUT2D eigenvalue weighted by Gasteiger charge is 2.27. The Balaban J connectivity index is 1.61. The Hall–Kier alpha value is -0.840. The minimum atomic E-state index is 0.0427. The molecule has 0 aromatic carbocycles. The Morgan fingerprint density at radius 2 is 1.77 bits per heavy atom. The molecule has 0 spiro atoms. The predicted octanol–water partition coefficient (Wildman–Crippen LogP) is 3.28. The topological polar surface area (TPSA) is 53.2 Å². The minimum absolute atomic E-state index is 0.0427. The summed E-state index contributed by atoms with van der Waals surface area (Å²) >= 11 is 5.30. The highest BCUT2D eigenvalue weighted by molar-refractivity contribution is 7.80. The van der Waals surface area contributed by atoms with Crippen LogP contribution in [0.15, 0.2) is 0 Å². The van der Waals surface area contributed by atoms with Crippen LogP contribution in [0.25, 0.3) is 0 Å². The Morgan fingerprint density at radius 3 is 2.50 bits per heavy atom. The first-order valence-electron chi connectivity index (χ1n) is 8.91. The lowest BCUT2D eigenvalue weighted by atomic mass is 9.78. The highest BCUT2D eigenvalue weighted by Crippen LogP contribution is 2.29. The van der Waals surface area contributed by atoms with Crippen molar-refractivity contribution in [2.75, 3.05) is 0 Å². The lowest BCUT2D eigenvalue weighted by molar-refractivity contribution is -0.121. The molecule has 2 aliphatic carbocycles. The number of nitrogens with one attached hydrogen (secondary N) is 3. The Kier molecular flexibility index (Phi) is 6.93. The van der Waals surface area contributed by atoms with E-state index < -0.39 is 0 Å². The summed E-state index contributed by atoms with van der Waals surface area (Å²) in [7, 11) is 0. The molecule has 2 rings (SSSR count). The summed E-state index contributed by atoms with van der Waals surface area (Å²) in [6.45, 7) is 4.59. The van der Waals surface area contributed by atoms with Crippen LogP contribution in [0.5, 0.6) is 0 Å². The molecule has 22 heavy (non-hydrogen) atoms. The smallest absolute Gasteiger partial charge is 0.238 e. The van der Waals surface area contributed by atoms with E-state index in [9.17, 15) is 4.79 Å². The van der Waals surface area contributed by atoms with E-state index in [4.69, 9.17) is 12.2 Å². The fourth-order valence-electron chi connectivity index (χ4n) is 3.81. The zero-order valence-corrected chi connectivity index (χ0v) is 14.8. The lowest BCUT2D eigenvalue weighted by Gasteiger charge is -2.35. The molecule has 0 aliphatic heterocycles. The van der Waals surface area contributed by atoms with Crippen LogP contribution < -0.4 is 16.2 Å². The van der Waals surface area contributed by atoms with Gasteiger partial charge in [-0.25, -0.2) is 0 Å². The lowest BCUT2D eigenvalue weighted by Crippen LogP contribution is -2.52. The van der Waals surface area contributed by atoms with Crippen LogP contribution in [-0.4, -0.2) is 17.1 Å². The molecule has 1 amide bonds. The van der Waals surface area contributed by atoms with E-state index in [1.165, 1.54) is 38.5 Å². The van der Waals surface area contributed by atoms with E-state index in [0.29, 0.717) is 23.5 Å². The number of thiocarbonyl (C=S) groups is 1. The van der Waals surface area contributed by atoms with Gasteiger partial charge < -0.3 is 5.32 Å². The van der Waals surface area contributed by atoms with Crippen molar-refractivity contribution in [1.82, 2.24) is 16.2 Å². The summed E-state index contributed by atoms with van der Waals surface area (Å²) in [6, 6.07) is 0.416. The molecule has 0 bridgehead atoms. The molecule has 2 fully saturated rings. The maximum atomic E-state index is 11.9. The van der Waals surface area contributed by atoms with E-state index in [-0.39, 0.29) is 5.91 Å². The first kappa shape index (κ1) is 17.5. The van der Waals surface area contributed by atoms with Crippen LogP contribution in [-0.2, 0) is 4.79 Å². The molecule has 0 heterocycles. The van der Waals surface area contributed by atoms with E-state index in [2.05, 4.69) is 30.0 Å². The van der Waals surface area contributed by atoms with Gasteiger partial charge in [0.1, 0.15) is 0 Å². The maximum absolute atomic E-state index is 11.9. The van der Waals surface area contributed by atoms with Gasteiger partial charge in [-0.05, 0) is 42.8 Å². The number of hydrogen-bond acceptors (Lipinski definition) is 2. The Morgan fingerprint density at radius 1 is 1.05 bits per heavy atom. The average molecular weight is 326 g/mol. The predicted molar refractivity (Wildman–Crippen MR) is 94.2 cm³/mol. The summed E-state index contributed by atoms with van der Waals surface area (Å²) in [5, 5.41) is 3.90. The normalized spacial score (nSPS) is 29.1. The number of carbonyl (C=O) groups excluding carboxylic acids is 1. The quantitative estimate of drug-likeness (QED) is 0.548. The van der Waals surface area contributed by atoms with E-state index in [1.54, 1.807) is 0 Å². The van der Waals surface area contributed by atoms with Crippen LogP contribution >= 0.6 is 12.2 Å². The fourth-order valence-corrected chi connectivity index (χ4v) is 4.02. The molecule has 3 atom stereocenters. The second kappa shape index (κ2) is 8.70. The first-order chi connectivity index (χ1) is 10.6. The van der Waals surface area contributed by atoms with Gasteiger partial charge in [-0.15, -0.1) is 0 Å². The number of amides is 1. The molecule has 3 N–H and O–H groups in total. The zero-order chi connectivity index (χ0) is 15.9. The standard InChI is InChI=1S/C17H31N3OS/c1-12-6-5-9-15(13(12)2)18-17(22)20-19-16(21)11-10-14-7-3-4-8-14/h12-15H,3-11H2,1-2H3,(H,19,21)(H2,18,20,22)/t12-,13-,15-/m1/s1. The van der Waals surface area contributed by atoms with Gasteiger partial charge >= 0.3 is 0 Å². The van der Waals surface area contributed by atoms with Gasteiger partial charge in [-0.1, -0.05) is 52.4 Å². The van der Waals surface area contributed by atoms with Crippen molar-refractivity contribution in [3.05, 3.63) is 0 Å². The molecule has 0 unspecified atom stereocenters. The molecule has 0 aromatic heterocycles. The number of hydrazine groups is 1. The van der Waals surface area contributed by atoms with Gasteiger partial charge in [0.15, 0.2) is 5.11 Å². The Labute approximate surface area is 140 Å². The van der Waals surface area contributed by atoms with Crippen molar-refractivity contribution in [3.63, 3.8) is 0 Å². The van der Waals surface area contributed by atoms with Crippen LogP contribution in [0.2, 0.25) is 0 Å². The van der Waals surface area contributed by atoms with Crippen LogP contribution in [0.3, 0.4) is 0 Å². The van der Waals surface area contributed by atoms with Crippen LogP contribution in [0, 0.1) is 17.8 Å². The summed E-state index contributed by atoms with van der Waals surface area (Å²) < 4.78 is 0. The second-order valence-corrected chi connectivity index (χ2v) is 7.62. The molecule has 0 radical (unpaired) electrons. The summed E-state index contributed by atoms with van der Waals surface area (Å²) in [5.74, 6) is 2.14. The van der Waals surface area contributed by atoms with Gasteiger partial charge in [-0.2, -0.15) is 0 Å². The summed E-state index contributed by atoms with van der Waals surface area (Å²) in [5.41, 5.74) is 5.59. The molecule has 126 valence electrons. The molecule has 4 nitrogen and oxygen atoms in total. The van der Waals surface area contributed by atoms with Crippen LogP contribution in [0.4, 0.5) is 0 Å². The van der Waals surface area contributed by atoms with Crippen LogP contribution in [0.1, 0.15) is 71.6 Å². The van der Waals surface area contributed by atoms with Gasteiger partial charge in [0.05, 0.1) is 0 Å². The molecule has 5 heteroatoms. The number of hydrogen-bond donors (Lipinski definition) is 3.